The number of nitrogens with one attached hydrogen (secondary N) is 2. The van der Waals surface area contributed by atoms with Crippen LogP contribution in [0.2, 0.25) is 5.02 Å². The summed E-state index contributed by atoms with van der Waals surface area (Å²) in [4.78, 5) is 30.5. The maximum Gasteiger partial charge on any atom is 0.322 e. The van der Waals surface area contributed by atoms with Crippen molar-refractivity contribution < 1.29 is 13.6 Å². The number of urea groups is 1. The number of aromatic amines is 1. The largest absolute Gasteiger partial charge is 0.325 e. The molecule has 0 aliphatic heterocycles. The van der Waals surface area contributed by atoms with Gasteiger partial charge in [-0.25, -0.2) is 13.6 Å². The van der Waals surface area contributed by atoms with Gasteiger partial charge < -0.3 is 15.2 Å². The van der Waals surface area contributed by atoms with Gasteiger partial charge in [0.15, 0.2) is 0 Å². The Labute approximate surface area is 189 Å². The zero-order chi connectivity index (χ0) is 23.0. The van der Waals surface area contributed by atoms with Crippen molar-refractivity contribution in [2.45, 2.75) is 39.2 Å². The molecule has 4 rings (SSSR count). The van der Waals surface area contributed by atoms with Crippen molar-refractivity contribution >= 4 is 34.1 Å². The molecule has 0 radical (unpaired) electrons. The number of H-pyrrole nitrogens is 1. The van der Waals surface area contributed by atoms with Crippen molar-refractivity contribution in [2.75, 3.05) is 11.9 Å². The van der Waals surface area contributed by atoms with Gasteiger partial charge in [-0.1, -0.05) is 31.5 Å². The van der Waals surface area contributed by atoms with E-state index in [4.69, 9.17) is 11.6 Å². The minimum Gasteiger partial charge on any atom is -0.325 e. The monoisotopic (exact) mass is 459 g/mol. The summed E-state index contributed by atoms with van der Waals surface area (Å²) in [5, 5.41) is 3.66. The molecular formula is C24H24ClF2N3O2. The SMILES string of the molecule is CC(C)CN(C(=O)Nc1ccc(F)c(Cl)c1)[C@H]1CCCc2[nH]c(=O)c3cc(F)ccc3c21. The molecule has 0 fully saturated rings. The number of hydrogen-bond acceptors (Lipinski definition) is 2. The molecule has 3 aromatic rings. The predicted molar refractivity (Wildman–Crippen MR) is 122 cm³/mol. The first-order valence-corrected chi connectivity index (χ1v) is 11.0. The fourth-order valence-corrected chi connectivity index (χ4v) is 4.57. The fraction of sp³-hybridized carbons (Fsp3) is 0.333. The fourth-order valence-electron chi connectivity index (χ4n) is 4.39. The Hall–Kier alpha value is -2.93. The quantitative estimate of drug-likeness (QED) is 0.500. The predicted octanol–water partition coefficient (Wildman–Crippen LogP) is 6.03. The third-order valence-electron chi connectivity index (χ3n) is 5.71. The van der Waals surface area contributed by atoms with E-state index in [-0.39, 0.29) is 34.0 Å². The highest BCUT2D eigenvalue weighted by molar-refractivity contribution is 6.31. The Bertz CT molecular complexity index is 1240. The highest BCUT2D eigenvalue weighted by atomic mass is 35.5. The van der Waals surface area contributed by atoms with E-state index in [1.54, 1.807) is 11.0 Å². The highest BCUT2D eigenvalue weighted by Crippen LogP contribution is 2.38. The first-order chi connectivity index (χ1) is 15.2. The molecule has 5 nitrogen and oxygen atoms in total. The Kier molecular flexibility index (Phi) is 6.20. The minimum atomic E-state index is -0.562. The van der Waals surface area contributed by atoms with Gasteiger partial charge in [-0.2, -0.15) is 0 Å². The number of benzene rings is 2. The number of fused-ring (bicyclic) bond motifs is 3. The maximum atomic E-state index is 13.8. The van der Waals surface area contributed by atoms with E-state index in [1.807, 2.05) is 13.8 Å². The van der Waals surface area contributed by atoms with Gasteiger partial charge in [0, 0.05) is 23.5 Å². The number of amides is 2. The average Bonchev–Trinajstić information content (AvgIpc) is 2.74. The van der Waals surface area contributed by atoms with Gasteiger partial charge in [-0.15, -0.1) is 0 Å². The number of anilines is 1. The van der Waals surface area contributed by atoms with Crippen molar-refractivity contribution in [1.29, 1.82) is 0 Å². The Balaban J connectivity index is 1.77. The van der Waals surface area contributed by atoms with Crippen molar-refractivity contribution in [2.24, 2.45) is 5.92 Å². The number of carbonyl (C=O) groups excluding carboxylic acids is 1. The van der Waals surface area contributed by atoms with Crippen LogP contribution in [0.3, 0.4) is 0 Å². The number of rotatable bonds is 4. The van der Waals surface area contributed by atoms with Gasteiger partial charge in [0.2, 0.25) is 0 Å². The summed E-state index contributed by atoms with van der Waals surface area (Å²) in [6.45, 7) is 4.49. The third-order valence-corrected chi connectivity index (χ3v) is 6.00. The Morgan fingerprint density at radius 3 is 2.72 bits per heavy atom. The molecule has 1 atom stereocenters. The van der Waals surface area contributed by atoms with Crippen LogP contribution in [-0.4, -0.2) is 22.5 Å². The highest BCUT2D eigenvalue weighted by Gasteiger charge is 2.32. The number of halogens is 3. The summed E-state index contributed by atoms with van der Waals surface area (Å²) in [6.07, 6.45) is 2.18. The molecule has 32 heavy (non-hydrogen) atoms. The number of nitrogens with zero attached hydrogens (tertiary/aromatic N) is 1. The van der Waals surface area contributed by atoms with Gasteiger partial charge >= 0.3 is 6.03 Å². The van der Waals surface area contributed by atoms with E-state index in [0.29, 0.717) is 30.5 Å². The van der Waals surface area contributed by atoms with E-state index in [9.17, 15) is 18.4 Å². The normalized spacial score (nSPS) is 15.6. The molecule has 2 aromatic carbocycles. The van der Waals surface area contributed by atoms with E-state index in [1.165, 1.54) is 30.3 Å². The molecule has 8 heteroatoms. The van der Waals surface area contributed by atoms with Crippen molar-refractivity contribution in [3.05, 3.63) is 74.7 Å². The minimum absolute atomic E-state index is 0.0770. The summed E-state index contributed by atoms with van der Waals surface area (Å²) >= 11 is 5.87. The molecule has 168 valence electrons. The van der Waals surface area contributed by atoms with Gasteiger partial charge in [-0.3, -0.25) is 4.79 Å². The van der Waals surface area contributed by atoms with Gasteiger partial charge in [-0.05, 0) is 60.9 Å². The maximum absolute atomic E-state index is 13.8. The molecule has 0 bridgehead atoms. The molecule has 2 N–H and O–H groups in total. The number of aromatic nitrogens is 1. The molecule has 2 amide bonds. The summed E-state index contributed by atoms with van der Waals surface area (Å²) < 4.78 is 27.4. The lowest BCUT2D eigenvalue weighted by Crippen LogP contribution is -2.42. The van der Waals surface area contributed by atoms with Crippen LogP contribution < -0.4 is 10.9 Å². The van der Waals surface area contributed by atoms with E-state index in [0.717, 1.165) is 17.7 Å². The van der Waals surface area contributed by atoms with Crippen LogP contribution in [0.25, 0.3) is 10.8 Å². The number of pyridine rings is 1. The topological polar surface area (TPSA) is 65.2 Å². The second-order valence-corrected chi connectivity index (χ2v) is 8.96. The van der Waals surface area contributed by atoms with Crippen LogP contribution in [0.1, 0.15) is 44.0 Å². The molecule has 0 spiro atoms. The summed E-state index contributed by atoms with van der Waals surface area (Å²) in [5.41, 5.74) is 1.68. The standard InChI is InChI=1S/C24H24ClF2N3O2/c1-13(2)12-30(24(32)28-15-7-9-19(27)18(25)11-15)21-5-3-4-20-22(21)16-8-6-14(26)10-17(16)23(31)29-20/h6-11,13,21H,3-5,12H2,1-2H3,(H,28,32)(H,29,31)/t21-/m0/s1. The summed E-state index contributed by atoms with van der Waals surface area (Å²) in [7, 11) is 0. The average molecular weight is 460 g/mol. The molecule has 0 saturated carbocycles. The van der Waals surface area contributed by atoms with E-state index >= 15 is 0 Å². The van der Waals surface area contributed by atoms with Crippen molar-refractivity contribution in [1.82, 2.24) is 9.88 Å². The van der Waals surface area contributed by atoms with Crippen molar-refractivity contribution in [3.8, 4) is 0 Å². The Morgan fingerprint density at radius 2 is 2.00 bits per heavy atom. The molecule has 0 saturated heterocycles. The van der Waals surface area contributed by atoms with Gasteiger partial charge in [0.05, 0.1) is 16.5 Å². The molecule has 1 heterocycles. The number of hydrogen-bond donors (Lipinski definition) is 2. The van der Waals surface area contributed by atoms with Crippen LogP contribution in [-0.2, 0) is 6.42 Å². The lowest BCUT2D eigenvalue weighted by Gasteiger charge is -2.37. The van der Waals surface area contributed by atoms with Gasteiger partial charge in [0.25, 0.3) is 5.56 Å². The van der Waals surface area contributed by atoms with Crippen LogP contribution in [0, 0.1) is 17.6 Å². The smallest absolute Gasteiger partial charge is 0.322 e. The first kappa shape index (κ1) is 22.3. The van der Waals surface area contributed by atoms with Crippen molar-refractivity contribution in [3.63, 3.8) is 0 Å². The first-order valence-electron chi connectivity index (χ1n) is 10.6. The van der Waals surface area contributed by atoms with Crippen LogP contribution in [0.15, 0.2) is 41.2 Å². The molecule has 1 aliphatic carbocycles. The molecule has 1 aromatic heterocycles. The molecule has 0 unspecified atom stereocenters. The second-order valence-electron chi connectivity index (χ2n) is 8.55. The van der Waals surface area contributed by atoms with Gasteiger partial charge in [0.1, 0.15) is 11.6 Å². The van der Waals surface area contributed by atoms with Crippen LogP contribution in [0.5, 0.6) is 0 Å². The lowest BCUT2D eigenvalue weighted by molar-refractivity contribution is 0.170. The number of carbonyl (C=O) groups is 1. The number of aryl methyl sites for hydroxylation is 1. The molecular weight excluding hydrogens is 436 g/mol. The Morgan fingerprint density at radius 1 is 1.22 bits per heavy atom. The zero-order valence-electron chi connectivity index (χ0n) is 17.8. The summed E-state index contributed by atoms with van der Waals surface area (Å²) in [5.74, 6) is -0.873. The summed E-state index contributed by atoms with van der Waals surface area (Å²) in [6, 6.07) is 7.55. The third kappa shape index (κ3) is 4.35. The lowest BCUT2D eigenvalue weighted by atomic mass is 9.86. The second kappa shape index (κ2) is 8.90. The van der Waals surface area contributed by atoms with Crippen LogP contribution >= 0.6 is 11.6 Å². The molecule has 1 aliphatic rings. The van der Waals surface area contributed by atoms with Crippen LogP contribution in [0.4, 0.5) is 19.3 Å². The van der Waals surface area contributed by atoms with E-state index in [2.05, 4.69) is 10.3 Å². The zero-order valence-corrected chi connectivity index (χ0v) is 18.6. The van der Waals surface area contributed by atoms with E-state index < -0.39 is 11.6 Å².